The van der Waals surface area contributed by atoms with Gasteiger partial charge in [0.1, 0.15) is 0 Å². The second-order valence-electron chi connectivity index (χ2n) is 24.5. The average Bonchev–Trinajstić information content (AvgIpc) is 3.12. The predicted molar refractivity (Wildman–Crippen MR) is 264 cm³/mol. The van der Waals surface area contributed by atoms with E-state index in [-0.39, 0.29) is 0 Å². The zero-order chi connectivity index (χ0) is 45.7. The third kappa shape index (κ3) is 30.4. The van der Waals surface area contributed by atoms with Crippen LogP contribution in [-0.4, -0.2) is 157 Å². The van der Waals surface area contributed by atoms with Gasteiger partial charge in [0.05, 0.1) is 13.2 Å². The molecule has 5 rings (SSSR count). The number of hydrogen-bond acceptors (Lipinski definition) is 8. The molecule has 0 aromatic carbocycles. The summed E-state index contributed by atoms with van der Waals surface area (Å²) in [4.78, 5) is 12.3. The number of rotatable bonds is 1. The van der Waals surface area contributed by atoms with Gasteiger partial charge in [-0.3, -0.25) is 19.6 Å². The first kappa shape index (κ1) is 58.7. The van der Waals surface area contributed by atoms with E-state index in [1.807, 2.05) is 0 Å². The molecule has 4 saturated heterocycles. The lowest BCUT2D eigenvalue weighted by Gasteiger charge is -2.40. The summed E-state index contributed by atoms with van der Waals surface area (Å²) in [6.07, 6.45) is 14.1. The molecule has 8 heteroatoms. The first-order valence-corrected chi connectivity index (χ1v) is 24.6. The number of nitrogens with zero attached hydrogens (tertiary/aromatic N) is 5. The lowest BCUT2D eigenvalue weighted by atomic mass is 9.93. The molecular weight excluding hydrogens is 727 g/mol. The Morgan fingerprint density at radius 2 is 0.797 bits per heavy atom. The fraction of sp³-hybridized carbons (Fsp3) is 1.00. The summed E-state index contributed by atoms with van der Waals surface area (Å²) in [5.41, 5.74) is 2.12. The van der Waals surface area contributed by atoms with E-state index in [4.69, 9.17) is 4.74 Å². The largest absolute Gasteiger partial charge is 0.379 e. The third-order valence-corrected chi connectivity index (χ3v) is 12.6. The van der Waals surface area contributed by atoms with Crippen molar-refractivity contribution in [2.24, 2.45) is 5.92 Å². The van der Waals surface area contributed by atoms with Crippen molar-refractivity contribution in [2.75, 3.05) is 92.8 Å². The van der Waals surface area contributed by atoms with Gasteiger partial charge in [0.25, 0.3) is 0 Å². The van der Waals surface area contributed by atoms with Crippen LogP contribution in [0.2, 0.25) is 0 Å². The summed E-state index contributed by atoms with van der Waals surface area (Å²) in [5.74, 6) is 0.952. The fourth-order valence-corrected chi connectivity index (χ4v) is 7.67. The first-order chi connectivity index (χ1) is 26.8. The maximum absolute atomic E-state index is 5.25. The second-order valence-corrected chi connectivity index (χ2v) is 24.5. The van der Waals surface area contributed by atoms with E-state index in [2.05, 4.69) is 181 Å². The molecule has 0 aromatic rings. The standard InChI is InChI=1S/2C10H21N.C9H19N.C8H18N2.C8H17NO.C6H15N/c1-9-5-7-11(8-6-9)10(2,3)4;1-10(2,3)11-9-7-5-4-6-8-9;1-9(2,3)10-7-5-4-6-8-10;1-8(2,3)10-6-4-9-5-7-10;1-8(2,3)9-4-6-10-7-5-9;1-6(2,3)7(4)5/h9H,5-8H2,1-4H3;9,11H,4-8H2,1-3H3;4-8H2,1-3H3;9H,4-7H2,1-3H3;4-7H2,1-3H3;1-5H3. The molecule has 356 valence electrons. The van der Waals surface area contributed by atoms with Gasteiger partial charge in [0, 0.05) is 78.5 Å². The van der Waals surface area contributed by atoms with Gasteiger partial charge in [-0.25, -0.2) is 0 Å². The molecule has 0 amide bonds. The molecule has 0 unspecified atom stereocenters. The van der Waals surface area contributed by atoms with E-state index in [1.165, 1.54) is 103 Å². The van der Waals surface area contributed by atoms with Crippen LogP contribution in [0.1, 0.15) is 196 Å². The molecule has 59 heavy (non-hydrogen) atoms. The molecule has 4 heterocycles. The topological polar surface area (TPSA) is 49.5 Å². The summed E-state index contributed by atoms with van der Waals surface area (Å²) in [5, 5.41) is 7.00. The number of ether oxygens (including phenoxy) is 1. The first-order valence-electron chi connectivity index (χ1n) is 24.6. The Morgan fingerprint density at radius 1 is 0.458 bits per heavy atom. The molecule has 0 radical (unpaired) electrons. The molecule has 8 nitrogen and oxygen atoms in total. The van der Waals surface area contributed by atoms with Crippen LogP contribution in [-0.2, 0) is 4.74 Å². The Bertz CT molecular complexity index is 923. The smallest absolute Gasteiger partial charge is 0.0594 e. The Labute approximate surface area is 372 Å². The zero-order valence-electron chi connectivity index (χ0n) is 44.4. The number of piperidine rings is 2. The van der Waals surface area contributed by atoms with E-state index in [9.17, 15) is 0 Å². The highest BCUT2D eigenvalue weighted by Crippen LogP contribution is 2.23. The van der Waals surface area contributed by atoms with E-state index >= 15 is 0 Å². The summed E-state index contributed by atoms with van der Waals surface area (Å²) in [7, 11) is 4.17. The highest BCUT2D eigenvalue weighted by atomic mass is 16.5. The van der Waals surface area contributed by atoms with Crippen LogP contribution in [0.5, 0.6) is 0 Å². The van der Waals surface area contributed by atoms with Gasteiger partial charge in [-0.05, 0) is 209 Å². The van der Waals surface area contributed by atoms with Gasteiger partial charge in [-0.15, -0.1) is 0 Å². The van der Waals surface area contributed by atoms with Gasteiger partial charge in [0.15, 0.2) is 0 Å². The SMILES string of the molecule is CC(C)(C)N1CCCCC1.CC(C)(C)N1CCNCC1.CC(C)(C)N1CCOCC1.CC(C)(C)NC1CCCCC1.CC1CCN(C(C)(C)C)CC1.CN(C)C(C)(C)C. The minimum absolute atomic E-state index is 0.308. The van der Waals surface area contributed by atoms with Gasteiger partial charge in [-0.1, -0.05) is 32.6 Å². The Kier molecular flexibility index (Phi) is 27.6. The lowest BCUT2D eigenvalue weighted by molar-refractivity contribution is -0.00389. The zero-order valence-corrected chi connectivity index (χ0v) is 44.4. The summed E-state index contributed by atoms with van der Waals surface area (Å²) < 4.78 is 5.25. The van der Waals surface area contributed by atoms with Gasteiger partial charge in [-0.2, -0.15) is 0 Å². The van der Waals surface area contributed by atoms with E-state index < -0.39 is 0 Å². The molecule has 5 fully saturated rings. The molecule has 4 aliphatic heterocycles. The van der Waals surface area contributed by atoms with E-state index in [0.717, 1.165) is 51.4 Å². The van der Waals surface area contributed by atoms with Crippen LogP contribution in [0.25, 0.3) is 0 Å². The van der Waals surface area contributed by atoms with Crippen molar-refractivity contribution >= 4 is 0 Å². The van der Waals surface area contributed by atoms with Crippen LogP contribution < -0.4 is 10.6 Å². The quantitative estimate of drug-likeness (QED) is 0.271. The van der Waals surface area contributed by atoms with E-state index in [1.54, 1.807) is 0 Å². The Hall–Kier alpha value is -0.320. The number of hydrogen-bond donors (Lipinski definition) is 2. The van der Waals surface area contributed by atoms with Crippen molar-refractivity contribution in [2.45, 2.75) is 235 Å². The summed E-state index contributed by atoms with van der Waals surface area (Å²) >= 11 is 0. The lowest BCUT2D eigenvalue weighted by Crippen LogP contribution is -2.51. The molecule has 0 bridgehead atoms. The number of likely N-dealkylation sites (tertiary alicyclic amines) is 2. The van der Waals surface area contributed by atoms with Crippen LogP contribution in [0.15, 0.2) is 0 Å². The number of nitrogens with one attached hydrogen (secondary N) is 2. The molecular formula is C51H111N7O. The fourth-order valence-electron chi connectivity index (χ4n) is 7.67. The highest BCUT2D eigenvalue weighted by molar-refractivity contribution is 4.83. The average molecular weight is 838 g/mol. The van der Waals surface area contributed by atoms with Crippen molar-refractivity contribution in [3.05, 3.63) is 0 Å². The summed E-state index contributed by atoms with van der Waals surface area (Å²) in [6.45, 7) is 57.0. The van der Waals surface area contributed by atoms with Crippen molar-refractivity contribution in [1.29, 1.82) is 0 Å². The second kappa shape index (κ2) is 27.8. The van der Waals surface area contributed by atoms with Crippen LogP contribution >= 0.6 is 0 Å². The van der Waals surface area contributed by atoms with Crippen molar-refractivity contribution in [3.8, 4) is 0 Å². The Morgan fingerprint density at radius 3 is 1.10 bits per heavy atom. The molecule has 0 atom stereocenters. The maximum atomic E-state index is 5.25. The van der Waals surface area contributed by atoms with E-state index in [0.29, 0.717) is 33.2 Å². The van der Waals surface area contributed by atoms with Gasteiger partial charge in [0.2, 0.25) is 0 Å². The Balaban J connectivity index is 0.000000688. The maximum Gasteiger partial charge on any atom is 0.0594 e. The van der Waals surface area contributed by atoms with Gasteiger partial charge >= 0.3 is 0 Å². The van der Waals surface area contributed by atoms with Gasteiger partial charge < -0.3 is 20.3 Å². The minimum atomic E-state index is 0.308. The third-order valence-electron chi connectivity index (χ3n) is 12.6. The van der Waals surface area contributed by atoms with Crippen molar-refractivity contribution < 1.29 is 4.74 Å². The van der Waals surface area contributed by atoms with Crippen molar-refractivity contribution in [3.63, 3.8) is 0 Å². The molecule has 0 spiro atoms. The normalized spacial score (nSPS) is 21.9. The monoisotopic (exact) mass is 838 g/mol. The minimum Gasteiger partial charge on any atom is -0.379 e. The van der Waals surface area contributed by atoms with Crippen molar-refractivity contribution in [1.82, 2.24) is 35.1 Å². The molecule has 2 N–H and O–H groups in total. The number of piperazine rings is 1. The highest BCUT2D eigenvalue weighted by Gasteiger charge is 2.26. The number of morpholine rings is 1. The molecule has 1 saturated carbocycles. The molecule has 0 aromatic heterocycles. The van der Waals surface area contributed by atoms with Crippen LogP contribution in [0.4, 0.5) is 0 Å². The predicted octanol–water partition coefficient (Wildman–Crippen LogP) is 10.6. The molecule has 1 aliphatic carbocycles. The summed E-state index contributed by atoms with van der Waals surface area (Å²) in [6, 6.07) is 0.795. The van der Waals surface area contributed by atoms with Crippen LogP contribution in [0.3, 0.4) is 0 Å². The molecule has 5 aliphatic rings. The van der Waals surface area contributed by atoms with Crippen LogP contribution in [0, 0.1) is 5.92 Å².